The molecule has 1 atom stereocenters. The van der Waals surface area contributed by atoms with Crippen LogP contribution in [0, 0.1) is 11.3 Å². The molecule has 0 aliphatic carbocycles. The molecule has 1 rings (SSSR count). The lowest BCUT2D eigenvalue weighted by Crippen LogP contribution is -2.29. The zero-order valence-corrected chi connectivity index (χ0v) is 12.7. The van der Waals surface area contributed by atoms with Gasteiger partial charge in [0.15, 0.2) is 0 Å². The first-order valence-electron chi connectivity index (χ1n) is 7.64. The molecule has 0 amide bonds. The van der Waals surface area contributed by atoms with E-state index >= 15 is 0 Å². The van der Waals surface area contributed by atoms with E-state index in [4.69, 9.17) is 10.00 Å². The lowest BCUT2D eigenvalue weighted by atomic mass is 10.1. The number of unbranched alkanes of at least 4 members (excludes halogenated alkanes) is 1. The average Bonchev–Trinajstić information content (AvgIpc) is 2.49. The standard InChI is InChI=1S/C17H26N2O/c1-3-5-6-15-7-9-17(10-8-15)20-13-11-16(14-18)19-12-4-2/h7-10,16,19H,3-6,11-13H2,1-2H3. The molecular formula is C17H26N2O. The summed E-state index contributed by atoms with van der Waals surface area (Å²) in [5, 5.41) is 12.2. The Kier molecular flexibility index (Phi) is 8.49. The van der Waals surface area contributed by atoms with Crippen molar-refractivity contribution in [3.63, 3.8) is 0 Å². The van der Waals surface area contributed by atoms with Gasteiger partial charge in [-0.15, -0.1) is 0 Å². The first-order valence-corrected chi connectivity index (χ1v) is 7.64. The third-order valence-corrected chi connectivity index (χ3v) is 3.21. The number of hydrogen-bond donors (Lipinski definition) is 1. The van der Waals surface area contributed by atoms with Crippen LogP contribution in [0.1, 0.15) is 45.1 Å². The summed E-state index contributed by atoms with van der Waals surface area (Å²) >= 11 is 0. The van der Waals surface area contributed by atoms with Gasteiger partial charge in [0, 0.05) is 6.42 Å². The highest BCUT2D eigenvalue weighted by molar-refractivity contribution is 5.27. The van der Waals surface area contributed by atoms with Crippen LogP contribution >= 0.6 is 0 Å². The van der Waals surface area contributed by atoms with Gasteiger partial charge in [-0.05, 0) is 43.5 Å². The number of nitrogens with zero attached hydrogens (tertiary/aromatic N) is 1. The summed E-state index contributed by atoms with van der Waals surface area (Å²) < 4.78 is 5.69. The number of aryl methyl sites for hydroxylation is 1. The molecule has 3 nitrogen and oxygen atoms in total. The van der Waals surface area contributed by atoms with E-state index < -0.39 is 0 Å². The molecule has 1 aromatic rings. The third kappa shape index (κ3) is 6.58. The van der Waals surface area contributed by atoms with Gasteiger partial charge in [-0.1, -0.05) is 32.4 Å². The zero-order chi connectivity index (χ0) is 14.6. The summed E-state index contributed by atoms with van der Waals surface area (Å²) in [5.74, 6) is 0.887. The molecule has 3 heteroatoms. The highest BCUT2D eigenvalue weighted by Gasteiger charge is 2.05. The van der Waals surface area contributed by atoms with Crippen LogP contribution in [0.4, 0.5) is 0 Å². The third-order valence-electron chi connectivity index (χ3n) is 3.21. The van der Waals surface area contributed by atoms with E-state index in [2.05, 4.69) is 37.4 Å². The average molecular weight is 274 g/mol. The fraction of sp³-hybridized carbons (Fsp3) is 0.588. The second-order valence-electron chi connectivity index (χ2n) is 5.02. The summed E-state index contributed by atoms with van der Waals surface area (Å²) in [6, 6.07) is 10.4. The second kappa shape index (κ2) is 10.3. The minimum atomic E-state index is -0.112. The summed E-state index contributed by atoms with van der Waals surface area (Å²) in [7, 11) is 0. The molecule has 0 aliphatic heterocycles. The van der Waals surface area contributed by atoms with Crippen LogP contribution in [0.2, 0.25) is 0 Å². The molecule has 1 aromatic carbocycles. The van der Waals surface area contributed by atoms with Gasteiger partial charge in [-0.25, -0.2) is 0 Å². The van der Waals surface area contributed by atoms with Crippen LogP contribution in [0.25, 0.3) is 0 Å². The number of rotatable bonds is 10. The Hall–Kier alpha value is -1.53. The van der Waals surface area contributed by atoms with Gasteiger partial charge in [0.25, 0.3) is 0 Å². The highest BCUT2D eigenvalue weighted by Crippen LogP contribution is 2.14. The van der Waals surface area contributed by atoms with Crippen molar-refractivity contribution in [3.05, 3.63) is 29.8 Å². The van der Waals surface area contributed by atoms with E-state index in [1.54, 1.807) is 0 Å². The first-order chi connectivity index (χ1) is 9.80. The fourth-order valence-electron chi connectivity index (χ4n) is 1.96. The Labute approximate surface area is 123 Å². The second-order valence-corrected chi connectivity index (χ2v) is 5.02. The molecule has 0 radical (unpaired) electrons. The minimum Gasteiger partial charge on any atom is -0.493 e. The Morgan fingerprint density at radius 3 is 2.55 bits per heavy atom. The Balaban J connectivity index is 2.29. The smallest absolute Gasteiger partial charge is 0.119 e. The molecule has 0 saturated carbocycles. The van der Waals surface area contributed by atoms with E-state index in [-0.39, 0.29) is 6.04 Å². The lowest BCUT2D eigenvalue weighted by Gasteiger charge is -2.12. The van der Waals surface area contributed by atoms with Crippen molar-refractivity contribution in [2.45, 2.75) is 52.0 Å². The van der Waals surface area contributed by atoms with E-state index in [1.165, 1.54) is 18.4 Å². The van der Waals surface area contributed by atoms with Gasteiger partial charge >= 0.3 is 0 Å². The fourth-order valence-corrected chi connectivity index (χ4v) is 1.96. The number of nitrogens with one attached hydrogen (secondary N) is 1. The monoisotopic (exact) mass is 274 g/mol. The van der Waals surface area contributed by atoms with Crippen molar-refractivity contribution in [1.29, 1.82) is 5.26 Å². The van der Waals surface area contributed by atoms with E-state index in [9.17, 15) is 0 Å². The van der Waals surface area contributed by atoms with E-state index in [0.29, 0.717) is 13.0 Å². The van der Waals surface area contributed by atoms with Crippen molar-refractivity contribution >= 4 is 0 Å². The van der Waals surface area contributed by atoms with Gasteiger partial charge < -0.3 is 10.1 Å². The maximum absolute atomic E-state index is 9.00. The van der Waals surface area contributed by atoms with Crippen molar-refractivity contribution in [2.75, 3.05) is 13.2 Å². The summed E-state index contributed by atoms with van der Waals surface area (Å²) in [6.07, 6.45) is 5.34. The van der Waals surface area contributed by atoms with Gasteiger partial charge in [-0.2, -0.15) is 5.26 Å². The quantitative estimate of drug-likeness (QED) is 0.707. The molecule has 110 valence electrons. The minimum absolute atomic E-state index is 0.112. The van der Waals surface area contributed by atoms with Gasteiger partial charge in [0.2, 0.25) is 0 Å². The maximum atomic E-state index is 9.00. The number of ether oxygens (including phenoxy) is 1. The van der Waals surface area contributed by atoms with E-state index in [0.717, 1.165) is 25.1 Å². The number of hydrogen-bond acceptors (Lipinski definition) is 3. The molecule has 1 N–H and O–H groups in total. The van der Waals surface area contributed by atoms with Crippen LogP contribution in [0.3, 0.4) is 0 Å². The highest BCUT2D eigenvalue weighted by atomic mass is 16.5. The van der Waals surface area contributed by atoms with Crippen LogP contribution in [-0.2, 0) is 6.42 Å². The van der Waals surface area contributed by atoms with Gasteiger partial charge in [0.05, 0.1) is 18.7 Å². The largest absolute Gasteiger partial charge is 0.493 e. The van der Waals surface area contributed by atoms with Crippen LogP contribution in [0.5, 0.6) is 5.75 Å². The zero-order valence-electron chi connectivity index (χ0n) is 12.7. The predicted octanol–water partition coefficient (Wildman–Crippen LogP) is 3.69. The van der Waals surface area contributed by atoms with Crippen LogP contribution < -0.4 is 10.1 Å². The summed E-state index contributed by atoms with van der Waals surface area (Å²) in [6.45, 7) is 5.75. The number of benzene rings is 1. The normalized spacial score (nSPS) is 11.8. The molecule has 0 heterocycles. The molecular weight excluding hydrogens is 248 g/mol. The molecule has 0 bridgehead atoms. The topological polar surface area (TPSA) is 45.0 Å². The van der Waals surface area contributed by atoms with Crippen LogP contribution in [0.15, 0.2) is 24.3 Å². The molecule has 0 saturated heterocycles. The van der Waals surface area contributed by atoms with Crippen molar-refractivity contribution in [2.24, 2.45) is 0 Å². The van der Waals surface area contributed by atoms with Crippen LogP contribution in [-0.4, -0.2) is 19.2 Å². The molecule has 0 fully saturated rings. The van der Waals surface area contributed by atoms with Gasteiger partial charge in [0.1, 0.15) is 5.75 Å². The van der Waals surface area contributed by atoms with Crippen molar-refractivity contribution in [3.8, 4) is 11.8 Å². The SMILES string of the molecule is CCCCc1ccc(OCCC(C#N)NCCC)cc1. The predicted molar refractivity (Wildman–Crippen MR) is 82.9 cm³/mol. The number of nitriles is 1. The molecule has 0 spiro atoms. The summed E-state index contributed by atoms with van der Waals surface area (Å²) in [4.78, 5) is 0. The Morgan fingerprint density at radius 2 is 1.95 bits per heavy atom. The van der Waals surface area contributed by atoms with Gasteiger partial charge in [-0.3, -0.25) is 0 Å². The van der Waals surface area contributed by atoms with Crippen molar-refractivity contribution < 1.29 is 4.74 Å². The maximum Gasteiger partial charge on any atom is 0.119 e. The molecule has 1 unspecified atom stereocenters. The lowest BCUT2D eigenvalue weighted by molar-refractivity contribution is 0.298. The molecule has 20 heavy (non-hydrogen) atoms. The van der Waals surface area contributed by atoms with Crippen molar-refractivity contribution in [1.82, 2.24) is 5.32 Å². The molecule has 0 aliphatic rings. The molecule has 0 aromatic heterocycles. The van der Waals surface area contributed by atoms with E-state index in [1.807, 2.05) is 12.1 Å². The first kappa shape index (κ1) is 16.5. The summed E-state index contributed by atoms with van der Waals surface area (Å²) in [5.41, 5.74) is 1.36. The Morgan fingerprint density at radius 1 is 1.20 bits per heavy atom. The Bertz CT molecular complexity index is 394.